The summed E-state index contributed by atoms with van der Waals surface area (Å²) in [5.74, 6) is -0.400. The molecule has 2 aromatic heterocycles. The van der Waals surface area contributed by atoms with Gasteiger partial charge in [-0.3, -0.25) is 5.10 Å². The normalized spacial score (nSPS) is 16.1. The largest absolute Gasteiger partial charge is 0.350 e. The first kappa shape index (κ1) is 17.9. The molecular weight excluding hydrogens is 383 g/mol. The predicted molar refractivity (Wildman–Crippen MR) is 99.3 cm³/mol. The molecule has 2 heterocycles. The third-order valence-corrected chi connectivity index (χ3v) is 4.98. The van der Waals surface area contributed by atoms with Crippen molar-refractivity contribution in [2.24, 2.45) is 0 Å². The third-order valence-electron chi connectivity index (χ3n) is 4.98. The summed E-state index contributed by atoms with van der Waals surface area (Å²) in [5.41, 5.74) is 0.792. The fourth-order valence-electron chi connectivity index (χ4n) is 3.08. The van der Waals surface area contributed by atoms with Crippen molar-refractivity contribution in [3.8, 4) is 0 Å². The Kier molecular flexibility index (Phi) is 4.33. The monoisotopic (exact) mass is 401 g/mol. The van der Waals surface area contributed by atoms with Crippen molar-refractivity contribution in [3.63, 3.8) is 0 Å². The van der Waals surface area contributed by atoms with Crippen LogP contribution in [0.25, 0.3) is 0 Å². The van der Waals surface area contributed by atoms with Gasteiger partial charge in [0, 0.05) is 47.8 Å². The topological polar surface area (TPSA) is 91.4 Å². The predicted octanol–water partition coefficient (Wildman–Crippen LogP) is 4.12. The quantitative estimate of drug-likeness (QED) is 0.552. The number of anilines is 3. The summed E-state index contributed by atoms with van der Waals surface area (Å²) in [5, 5.41) is 13.1. The van der Waals surface area contributed by atoms with E-state index in [1.54, 1.807) is 0 Å². The van der Waals surface area contributed by atoms with Gasteiger partial charge in [0.15, 0.2) is 5.82 Å². The molecule has 5 rings (SSSR count). The van der Waals surface area contributed by atoms with Crippen LogP contribution in [-0.2, 0) is 6.54 Å². The first-order valence-electron chi connectivity index (χ1n) is 9.51. The second-order valence-electron chi connectivity index (χ2n) is 7.42. The summed E-state index contributed by atoms with van der Waals surface area (Å²) in [4.78, 5) is 13.1. The van der Waals surface area contributed by atoms with E-state index in [2.05, 4.69) is 35.8 Å². The van der Waals surface area contributed by atoms with Gasteiger partial charge in [-0.25, -0.2) is 13.2 Å². The summed E-state index contributed by atoms with van der Waals surface area (Å²) in [6.45, 7) is -0.222. The molecule has 150 valence electrons. The number of hydrogen-bond acceptors (Lipinski definition) is 6. The zero-order valence-corrected chi connectivity index (χ0v) is 15.3. The Labute approximate surface area is 164 Å². The minimum Gasteiger partial charge on any atom is -0.350 e. The molecule has 2 aliphatic rings. The standard InChI is InChI=1S/C19H18F3N7/c20-11-5-13(21)12(14(22)6-11)8-23-18-25-17(10-3-4-10)26-19(27-18)24-16-7-15(28-29-16)9-1-2-9/h5-7,9-10H,1-4,8H2,(H3,23,24,25,26,27,28,29). The zero-order valence-electron chi connectivity index (χ0n) is 15.3. The van der Waals surface area contributed by atoms with Crippen molar-refractivity contribution < 1.29 is 13.2 Å². The summed E-state index contributed by atoms with van der Waals surface area (Å²) in [6.07, 6.45) is 4.28. The van der Waals surface area contributed by atoms with Crippen LogP contribution in [0.15, 0.2) is 18.2 Å². The van der Waals surface area contributed by atoms with Crippen LogP contribution >= 0.6 is 0 Å². The van der Waals surface area contributed by atoms with E-state index in [0.29, 0.717) is 35.6 Å². The molecule has 1 aromatic carbocycles. The molecular formula is C19H18F3N7. The lowest BCUT2D eigenvalue weighted by Gasteiger charge is -2.10. The highest BCUT2D eigenvalue weighted by Gasteiger charge is 2.28. The van der Waals surface area contributed by atoms with Crippen LogP contribution in [0.2, 0.25) is 0 Å². The van der Waals surface area contributed by atoms with Crippen LogP contribution < -0.4 is 10.6 Å². The molecule has 0 bridgehead atoms. The number of halogens is 3. The number of nitrogens with one attached hydrogen (secondary N) is 3. The number of hydrogen-bond donors (Lipinski definition) is 3. The molecule has 0 radical (unpaired) electrons. The van der Waals surface area contributed by atoms with Crippen molar-refractivity contribution in [1.82, 2.24) is 25.1 Å². The minimum absolute atomic E-state index is 0.186. The number of rotatable bonds is 7. The summed E-state index contributed by atoms with van der Waals surface area (Å²) < 4.78 is 40.8. The van der Waals surface area contributed by atoms with Crippen molar-refractivity contribution in [3.05, 3.63) is 52.7 Å². The SMILES string of the molecule is Fc1cc(F)c(CNc2nc(Nc3cc(C4CC4)[nH]n3)nc(C3CC3)n2)c(F)c1. The lowest BCUT2D eigenvalue weighted by Crippen LogP contribution is -2.11. The smallest absolute Gasteiger partial charge is 0.233 e. The van der Waals surface area contributed by atoms with Crippen molar-refractivity contribution in [2.75, 3.05) is 10.6 Å². The van der Waals surface area contributed by atoms with Crippen molar-refractivity contribution in [2.45, 2.75) is 44.1 Å². The molecule has 0 unspecified atom stereocenters. The molecule has 0 amide bonds. The van der Waals surface area contributed by atoms with Gasteiger partial charge >= 0.3 is 0 Å². The van der Waals surface area contributed by atoms with E-state index in [0.717, 1.165) is 31.4 Å². The molecule has 29 heavy (non-hydrogen) atoms. The number of aromatic amines is 1. The summed E-state index contributed by atoms with van der Waals surface area (Å²) in [6, 6.07) is 3.21. The molecule has 7 nitrogen and oxygen atoms in total. The molecule has 0 spiro atoms. The minimum atomic E-state index is -0.964. The summed E-state index contributed by atoms with van der Waals surface area (Å²) >= 11 is 0. The highest BCUT2D eigenvalue weighted by atomic mass is 19.1. The maximum atomic E-state index is 13.9. The Balaban J connectivity index is 1.36. The van der Waals surface area contributed by atoms with Crippen molar-refractivity contribution in [1.29, 1.82) is 0 Å². The van der Waals surface area contributed by atoms with E-state index >= 15 is 0 Å². The first-order valence-corrected chi connectivity index (χ1v) is 9.51. The Morgan fingerprint density at radius 1 is 0.897 bits per heavy atom. The summed E-state index contributed by atoms with van der Waals surface area (Å²) in [7, 11) is 0. The highest BCUT2D eigenvalue weighted by Crippen LogP contribution is 2.40. The number of aromatic nitrogens is 5. The fraction of sp³-hybridized carbons (Fsp3) is 0.368. The van der Waals surface area contributed by atoms with Gasteiger partial charge in [-0.1, -0.05) is 0 Å². The molecule has 10 heteroatoms. The Hall–Kier alpha value is -3.17. The molecule has 0 aliphatic heterocycles. The van der Waals surface area contributed by atoms with Gasteiger partial charge in [-0.2, -0.15) is 20.1 Å². The second kappa shape index (κ2) is 7.02. The van der Waals surface area contributed by atoms with E-state index < -0.39 is 17.5 Å². The zero-order chi connectivity index (χ0) is 20.0. The number of nitrogens with zero attached hydrogens (tertiary/aromatic N) is 4. The lowest BCUT2D eigenvalue weighted by molar-refractivity contribution is 0.526. The van der Waals surface area contributed by atoms with Crippen LogP contribution in [-0.4, -0.2) is 25.1 Å². The van der Waals surface area contributed by atoms with Gasteiger partial charge in [0.05, 0.1) is 0 Å². The van der Waals surface area contributed by atoms with E-state index in [9.17, 15) is 13.2 Å². The van der Waals surface area contributed by atoms with E-state index in [1.807, 2.05) is 6.07 Å². The van der Waals surface area contributed by atoms with Crippen LogP contribution in [0.4, 0.5) is 30.9 Å². The van der Waals surface area contributed by atoms with E-state index in [4.69, 9.17) is 0 Å². The van der Waals surface area contributed by atoms with Crippen LogP contribution in [0, 0.1) is 17.5 Å². The molecule has 2 aliphatic carbocycles. The number of benzene rings is 1. The first-order chi connectivity index (χ1) is 14.0. The molecule has 3 N–H and O–H groups in total. The van der Waals surface area contributed by atoms with Crippen LogP contribution in [0.3, 0.4) is 0 Å². The average Bonchev–Trinajstić information content (AvgIpc) is 3.59. The Morgan fingerprint density at radius 3 is 2.28 bits per heavy atom. The second-order valence-corrected chi connectivity index (χ2v) is 7.42. The van der Waals surface area contributed by atoms with Gasteiger partial charge in [0.2, 0.25) is 11.9 Å². The van der Waals surface area contributed by atoms with Crippen LogP contribution in [0.5, 0.6) is 0 Å². The molecule has 0 atom stereocenters. The Morgan fingerprint density at radius 2 is 1.59 bits per heavy atom. The van der Waals surface area contributed by atoms with Gasteiger partial charge < -0.3 is 10.6 Å². The fourth-order valence-corrected chi connectivity index (χ4v) is 3.08. The van der Waals surface area contributed by atoms with E-state index in [1.165, 1.54) is 0 Å². The molecule has 2 saturated carbocycles. The maximum Gasteiger partial charge on any atom is 0.233 e. The highest BCUT2D eigenvalue weighted by molar-refractivity contribution is 5.50. The van der Waals surface area contributed by atoms with Gasteiger partial charge in [0.1, 0.15) is 23.3 Å². The van der Waals surface area contributed by atoms with Gasteiger partial charge in [0.25, 0.3) is 0 Å². The lowest BCUT2D eigenvalue weighted by atomic mass is 10.2. The van der Waals surface area contributed by atoms with E-state index in [-0.39, 0.29) is 24.0 Å². The van der Waals surface area contributed by atoms with Crippen molar-refractivity contribution >= 4 is 17.7 Å². The third kappa shape index (κ3) is 4.01. The molecule has 3 aromatic rings. The average molecular weight is 401 g/mol. The Bertz CT molecular complexity index is 1040. The van der Waals surface area contributed by atoms with Gasteiger partial charge in [-0.15, -0.1) is 0 Å². The van der Waals surface area contributed by atoms with Gasteiger partial charge in [-0.05, 0) is 25.7 Å². The molecule has 2 fully saturated rings. The maximum absolute atomic E-state index is 13.9. The van der Waals surface area contributed by atoms with Crippen LogP contribution in [0.1, 0.15) is 54.6 Å². The number of H-pyrrole nitrogens is 1. The molecule has 0 saturated heterocycles.